The second-order valence-corrected chi connectivity index (χ2v) is 4.93. The lowest BCUT2D eigenvalue weighted by atomic mass is 10.0. The average molecular weight is 268 g/mol. The lowest BCUT2D eigenvalue weighted by molar-refractivity contribution is -0.143. The van der Waals surface area contributed by atoms with Crippen molar-refractivity contribution in [2.75, 3.05) is 0 Å². The van der Waals surface area contributed by atoms with Crippen molar-refractivity contribution in [2.24, 2.45) is 5.92 Å². The van der Waals surface area contributed by atoms with E-state index >= 15 is 0 Å². The fraction of sp³-hybridized carbons (Fsp3) is 0.615. The second kappa shape index (κ2) is 6.36. The molecule has 19 heavy (non-hydrogen) atoms. The van der Waals surface area contributed by atoms with Crippen molar-refractivity contribution in [3.63, 3.8) is 0 Å². The van der Waals surface area contributed by atoms with Gasteiger partial charge in [0.2, 0.25) is 5.91 Å². The van der Waals surface area contributed by atoms with Crippen LogP contribution in [0, 0.1) is 19.8 Å². The molecular formula is C13H20N2O4. The standard InChI is InChI=1S/C13H20N2O4/c1-7(2)12(13(17)18)14-11(16)6-5-10-8(3)15-19-9(10)4/h7,12H,5-6H2,1-4H3,(H,14,16)(H,17,18). The largest absolute Gasteiger partial charge is 0.480 e. The minimum Gasteiger partial charge on any atom is -0.480 e. The first-order valence-electron chi connectivity index (χ1n) is 6.26. The Kier molecular flexibility index (Phi) is 5.09. The van der Waals surface area contributed by atoms with Crippen molar-refractivity contribution >= 4 is 11.9 Å². The van der Waals surface area contributed by atoms with E-state index in [2.05, 4.69) is 10.5 Å². The van der Waals surface area contributed by atoms with Gasteiger partial charge in [-0.05, 0) is 26.2 Å². The molecule has 0 fully saturated rings. The van der Waals surface area contributed by atoms with Crippen LogP contribution in [0.1, 0.15) is 37.3 Å². The molecule has 0 saturated carbocycles. The third kappa shape index (κ3) is 4.08. The third-order valence-electron chi connectivity index (χ3n) is 3.03. The molecule has 0 spiro atoms. The van der Waals surface area contributed by atoms with Crippen LogP contribution in [0.3, 0.4) is 0 Å². The molecule has 0 saturated heterocycles. The smallest absolute Gasteiger partial charge is 0.326 e. The maximum absolute atomic E-state index is 11.8. The normalized spacial score (nSPS) is 12.5. The van der Waals surface area contributed by atoms with Crippen LogP contribution in [0.25, 0.3) is 0 Å². The first kappa shape index (κ1) is 15.2. The Hall–Kier alpha value is -1.85. The number of aliphatic carboxylic acids is 1. The maximum Gasteiger partial charge on any atom is 0.326 e. The molecular weight excluding hydrogens is 248 g/mol. The number of carbonyl (C=O) groups is 2. The van der Waals surface area contributed by atoms with Crippen molar-refractivity contribution in [3.05, 3.63) is 17.0 Å². The van der Waals surface area contributed by atoms with E-state index in [0.29, 0.717) is 12.2 Å². The zero-order valence-electron chi connectivity index (χ0n) is 11.7. The van der Waals surface area contributed by atoms with Crippen LogP contribution in [0.4, 0.5) is 0 Å². The highest BCUT2D eigenvalue weighted by Gasteiger charge is 2.23. The van der Waals surface area contributed by atoms with E-state index in [-0.39, 0.29) is 18.2 Å². The van der Waals surface area contributed by atoms with Crippen LogP contribution >= 0.6 is 0 Å². The maximum atomic E-state index is 11.8. The van der Waals surface area contributed by atoms with Gasteiger partial charge in [-0.2, -0.15) is 0 Å². The van der Waals surface area contributed by atoms with Crippen LogP contribution in [-0.2, 0) is 16.0 Å². The van der Waals surface area contributed by atoms with Crippen molar-refractivity contribution in [2.45, 2.75) is 46.6 Å². The fourth-order valence-electron chi connectivity index (χ4n) is 1.86. The van der Waals surface area contributed by atoms with Crippen molar-refractivity contribution < 1.29 is 19.2 Å². The number of aromatic nitrogens is 1. The number of carbonyl (C=O) groups excluding carboxylic acids is 1. The number of nitrogens with one attached hydrogen (secondary N) is 1. The Morgan fingerprint density at radius 2 is 2.00 bits per heavy atom. The first-order chi connectivity index (χ1) is 8.82. The number of aryl methyl sites for hydroxylation is 2. The summed E-state index contributed by atoms with van der Waals surface area (Å²) in [5.74, 6) is -0.744. The van der Waals surface area contributed by atoms with Crippen molar-refractivity contribution in [1.82, 2.24) is 10.5 Å². The Morgan fingerprint density at radius 3 is 2.42 bits per heavy atom. The summed E-state index contributed by atoms with van der Waals surface area (Å²) >= 11 is 0. The van der Waals surface area contributed by atoms with Gasteiger partial charge in [-0.3, -0.25) is 4.79 Å². The van der Waals surface area contributed by atoms with Crippen molar-refractivity contribution in [1.29, 1.82) is 0 Å². The highest BCUT2D eigenvalue weighted by molar-refractivity contribution is 5.83. The SMILES string of the molecule is Cc1noc(C)c1CCC(=O)NC(C(=O)O)C(C)C. The van der Waals surface area contributed by atoms with E-state index in [9.17, 15) is 9.59 Å². The predicted molar refractivity (Wildman–Crippen MR) is 68.7 cm³/mol. The number of hydrogen-bond acceptors (Lipinski definition) is 4. The van der Waals surface area contributed by atoms with Crippen LogP contribution in [0.2, 0.25) is 0 Å². The highest BCUT2D eigenvalue weighted by Crippen LogP contribution is 2.14. The van der Waals surface area contributed by atoms with Gasteiger partial charge >= 0.3 is 5.97 Å². The van der Waals surface area contributed by atoms with Gasteiger partial charge in [-0.15, -0.1) is 0 Å². The molecule has 1 rings (SSSR count). The number of amides is 1. The van der Waals surface area contributed by atoms with Gasteiger partial charge in [-0.25, -0.2) is 4.79 Å². The van der Waals surface area contributed by atoms with Gasteiger partial charge in [-0.1, -0.05) is 19.0 Å². The zero-order valence-corrected chi connectivity index (χ0v) is 11.7. The highest BCUT2D eigenvalue weighted by atomic mass is 16.5. The fourth-order valence-corrected chi connectivity index (χ4v) is 1.86. The van der Waals surface area contributed by atoms with Gasteiger partial charge in [0, 0.05) is 12.0 Å². The number of nitrogens with zero attached hydrogens (tertiary/aromatic N) is 1. The van der Waals surface area contributed by atoms with Crippen LogP contribution in [-0.4, -0.2) is 28.2 Å². The van der Waals surface area contributed by atoms with E-state index in [1.807, 2.05) is 6.92 Å². The summed E-state index contributed by atoms with van der Waals surface area (Å²) in [6, 6.07) is -0.850. The summed E-state index contributed by atoms with van der Waals surface area (Å²) in [7, 11) is 0. The average Bonchev–Trinajstić information content (AvgIpc) is 2.62. The van der Waals surface area contributed by atoms with E-state index in [0.717, 1.165) is 11.3 Å². The molecule has 0 bridgehead atoms. The molecule has 0 aliphatic heterocycles. The number of carboxylic acid groups (broad SMARTS) is 1. The molecule has 2 N–H and O–H groups in total. The molecule has 0 aliphatic rings. The molecule has 0 aliphatic carbocycles. The molecule has 6 nitrogen and oxygen atoms in total. The van der Waals surface area contributed by atoms with Gasteiger partial charge < -0.3 is 14.9 Å². The molecule has 6 heteroatoms. The van der Waals surface area contributed by atoms with Crippen LogP contribution in [0.5, 0.6) is 0 Å². The van der Waals surface area contributed by atoms with Crippen LogP contribution in [0.15, 0.2) is 4.52 Å². The van der Waals surface area contributed by atoms with Gasteiger partial charge in [0.15, 0.2) is 0 Å². The van der Waals surface area contributed by atoms with E-state index in [1.54, 1.807) is 20.8 Å². The monoisotopic (exact) mass is 268 g/mol. The van der Waals surface area contributed by atoms with E-state index < -0.39 is 12.0 Å². The van der Waals surface area contributed by atoms with Gasteiger partial charge in [0.1, 0.15) is 11.8 Å². The molecule has 0 aromatic carbocycles. The zero-order chi connectivity index (χ0) is 14.6. The lowest BCUT2D eigenvalue weighted by Crippen LogP contribution is -2.44. The van der Waals surface area contributed by atoms with E-state index in [4.69, 9.17) is 9.63 Å². The molecule has 106 valence electrons. The molecule has 0 radical (unpaired) electrons. The minimum absolute atomic E-state index is 0.152. The predicted octanol–water partition coefficient (Wildman–Crippen LogP) is 1.45. The Balaban J connectivity index is 2.54. The van der Waals surface area contributed by atoms with Gasteiger partial charge in [0.25, 0.3) is 0 Å². The summed E-state index contributed by atoms with van der Waals surface area (Å²) in [6.07, 6.45) is 0.719. The topological polar surface area (TPSA) is 92.4 Å². The Labute approximate surface area is 112 Å². The number of carboxylic acids is 1. The molecule has 1 heterocycles. The molecule has 1 atom stereocenters. The molecule has 1 aromatic rings. The Bertz CT molecular complexity index is 446. The van der Waals surface area contributed by atoms with Crippen molar-refractivity contribution in [3.8, 4) is 0 Å². The summed E-state index contributed by atoms with van der Waals surface area (Å²) in [5, 5.41) is 15.3. The summed E-state index contributed by atoms with van der Waals surface area (Å²) in [6.45, 7) is 7.13. The molecule has 1 unspecified atom stereocenters. The Morgan fingerprint density at radius 1 is 1.37 bits per heavy atom. The quantitative estimate of drug-likeness (QED) is 0.814. The number of rotatable bonds is 6. The van der Waals surface area contributed by atoms with Crippen LogP contribution < -0.4 is 5.32 Å². The molecule has 1 aromatic heterocycles. The van der Waals surface area contributed by atoms with Gasteiger partial charge in [0.05, 0.1) is 5.69 Å². The minimum atomic E-state index is -1.01. The third-order valence-corrected chi connectivity index (χ3v) is 3.03. The summed E-state index contributed by atoms with van der Waals surface area (Å²) < 4.78 is 5.01. The summed E-state index contributed by atoms with van der Waals surface area (Å²) in [4.78, 5) is 22.7. The molecule has 1 amide bonds. The second-order valence-electron chi connectivity index (χ2n) is 4.93. The number of hydrogen-bond donors (Lipinski definition) is 2. The lowest BCUT2D eigenvalue weighted by Gasteiger charge is -2.17. The first-order valence-corrected chi connectivity index (χ1v) is 6.26. The van der Waals surface area contributed by atoms with E-state index in [1.165, 1.54) is 0 Å². The summed E-state index contributed by atoms with van der Waals surface area (Å²) in [5.41, 5.74) is 1.68.